The molecule has 0 aliphatic carbocycles. The molecular formula is C19H24N4OS2. The van der Waals surface area contributed by atoms with Crippen molar-refractivity contribution in [1.82, 2.24) is 10.3 Å². The standard InChI is InChI=1S/C19H24N4OS2/c1-3-23(4-2)19-22-18-16(26-19)13-15(25-18)17(24)21-12-8-11-20-14-9-6-5-7-10-14/h5-7,9-10,13,20H,3-4,8,11-12H2,1-2H3,(H,21,24). The van der Waals surface area contributed by atoms with Crippen molar-refractivity contribution in [2.45, 2.75) is 20.3 Å². The Morgan fingerprint density at radius 3 is 2.58 bits per heavy atom. The number of anilines is 2. The Labute approximate surface area is 162 Å². The minimum Gasteiger partial charge on any atom is -0.385 e. The van der Waals surface area contributed by atoms with Crippen LogP contribution in [0.2, 0.25) is 0 Å². The summed E-state index contributed by atoms with van der Waals surface area (Å²) in [6.07, 6.45) is 0.880. The van der Waals surface area contributed by atoms with Crippen LogP contribution in [0.5, 0.6) is 0 Å². The van der Waals surface area contributed by atoms with Crippen molar-refractivity contribution in [3.8, 4) is 0 Å². The Kier molecular flexibility index (Phi) is 6.46. The zero-order chi connectivity index (χ0) is 18.4. The molecule has 26 heavy (non-hydrogen) atoms. The second-order valence-corrected chi connectivity index (χ2v) is 7.89. The lowest BCUT2D eigenvalue weighted by molar-refractivity contribution is 0.0957. The van der Waals surface area contributed by atoms with E-state index in [0.717, 1.165) is 51.3 Å². The highest BCUT2D eigenvalue weighted by molar-refractivity contribution is 7.29. The van der Waals surface area contributed by atoms with Crippen molar-refractivity contribution >= 4 is 48.9 Å². The van der Waals surface area contributed by atoms with Crippen LogP contribution in [0, 0.1) is 0 Å². The highest BCUT2D eigenvalue weighted by Crippen LogP contribution is 2.34. The molecule has 0 spiro atoms. The average Bonchev–Trinajstić information content (AvgIpc) is 3.22. The van der Waals surface area contributed by atoms with E-state index in [0.29, 0.717) is 6.54 Å². The van der Waals surface area contributed by atoms with Crippen LogP contribution in [0.15, 0.2) is 36.4 Å². The van der Waals surface area contributed by atoms with Crippen LogP contribution in [0.25, 0.3) is 9.53 Å². The Hall–Kier alpha value is -2.12. The quantitative estimate of drug-likeness (QED) is 0.532. The highest BCUT2D eigenvalue weighted by Gasteiger charge is 2.15. The summed E-state index contributed by atoms with van der Waals surface area (Å²) < 4.78 is 1.09. The summed E-state index contributed by atoms with van der Waals surface area (Å²) in [5.74, 6) is -0.00991. The van der Waals surface area contributed by atoms with Crippen LogP contribution in [0.3, 0.4) is 0 Å². The van der Waals surface area contributed by atoms with Crippen molar-refractivity contribution in [2.24, 2.45) is 0 Å². The number of carbonyl (C=O) groups is 1. The molecule has 5 nitrogen and oxygen atoms in total. The molecule has 0 aliphatic rings. The number of benzene rings is 1. The van der Waals surface area contributed by atoms with Gasteiger partial charge in [-0.25, -0.2) is 4.98 Å². The molecule has 2 N–H and O–H groups in total. The number of amides is 1. The number of nitrogens with one attached hydrogen (secondary N) is 2. The van der Waals surface area contributed by atoms with Gasteiger partial charge in [-0.05, 0) is 38.5 Å². The smallest absolute Gasteiger partial charge is 0.261 e. The molecule has 3 rings (SSSR count). The van der Waals surface area contributed by atoms with Gasteiger partial charge in [-0.1, -0.05) is 29.5 Å². The van der Waals surface area contributed by atoms with Crippen molar-refractivity contribution in [1.29, 1.82) is 0 Å². The summed E-state index contributed by atoms with van der Waals surface area (Å²) in [5, 5.41) is 7.37. The third-order valence-electron chi connectivity index (χ3n) is 4.08. The Morgan fingerprint density at radius 2 is 1.88 bits per heavy atom. The Morgan fingerprint density at radius 1 is 1.12 bits per heavy atom. The molecule has 2 heterocycles. The topological polar surface area (TPSA) is 57.3 Å². The second kappa shape index (κ2) is 9.00. The number of rotatable bonds is 9. The summed E-state index contributed by atoms with van der Waals surface area (Å²) in [4.78, 5) is 20.9. The van der Waals surface area contributed by atoms with E-state index in [4.69, 9.17) is 0 Å². The molecule has 3 aromatic rings. The summed E-state index contributed by atoms with van der Waals surface area (Å²) in [7, 11) is 0. The minimum absolute atomic E-state index is 0.00991. The fourth-order valence-corrected chi connectivity index (χ4v) is 4.89. The predicted octanol–water partition coefficient (Wildman–Crippen LogP) is 4.44. The van der Waals surface area contributed by atoms with Gasteiger partial charge < -0.3 is 15.5 Å². The van der Waals surface area contributed by atoms with Gasteiger partial charge in [0.15, 0.2) is 5.13 Å². The van der Waals surface area contributed by atoms with Crippen LogP contribution >= 0.6 is 22.7 Å². The maximum absolute atomic E-state index is 12.3. The molecule has 138 valence electrons. The van der Waals surface area contributed by atoms with E-state index >= 15 is 0 Å². The lowest BCUT2D eigenvalue weighted by Gasteiger charge is -2.16. The van der Waals surface area contributed by atoms with Crippen LogP contribution in [0.1, 0.15) is 29.9 Å². The number of hydrogen-bond donors (Lipinski definition) is 2. The largest absolute Gasteiger partial charge is 0.385 e. The molecule has 0 unspecified atom stereocenters. The van der Waals surface area contributed by atoms with Crippen LogP contribution in [-0.4, -0.2) is 37.1 Å². The van der Waals surface area contributed by atoms with Crippen LogP contribution in [0.4, 0.5) is 10.8 Å². The number of nitrogens with zero attached hydrogens (tertiary/aromatic N) is 2. The van der Waals surface area contributed by atoms with E-state index in [2.05, 4.69) is 34.4 Å². The normalized spacial score (nSPS) is 10.8. The maximum Gasteiger partial charge on any atom is 0.261 e. The maximum atomic E-state index is 12.3. The fourth-order valence-electron chi connectivity index (χ4n) is 2.63. The molecular weight excluding hydrogens is 364 g/mol. The SMILES string of the molecule is CCN(CC)c1nc2sc(C(=O)NCCCNc3ccccc3)cc2s1. The molecule has 0 saturated heterocycles. The first kappa shape index (κ1) is 18.7. The molecule has 7 heteroatoms. The highest BCUT2D eigenvalue weighted by atomic mass is 32.1. The van der Waals surface area contributed by atoms with E-state index < -0.39 is 0 Å². The third-order valence-corrected chi connectivity index (χ3v) is 6.30. The lowest BCUT2D eigenvalue weighted by atomic mass is 10.3. The molecule has 0 bridgehead atoms. The van der Waals surface area contributed by atoms with Crippen LogP contribution in [-0.2, 0) is 0 Å². The van der Waals surface area contributed by atoms with Crippen LogP contribution < -0.4 is 15.5 Å². The van der Waals surface area contributed by atoms with Gasteiger partial charge in [0, 0.05) is 31.9 Å². The Bertz CT molecular complexity index is 808. The van der Waals surface area contributed by atoms with Gasteiger partial charge in [-0.15, -0.1) is 11.3 Å². The first-order valence-electron chi connectivity index (χ1n) is 8.93. The average molecular weight is 389 g/mol. The number of hydrogen-bond acceptors (Lipinski definition) is 6. The van der Waals surface area contributed by atoms with E-state index in [1.807, 2.05) is 36.4 Å². The molecule has 0 radical (unpaired) electrons. The molecule has 0 fully saturated rings. The van der Waals surface area contributed by atoms with Crippen molar-refractivity contribution < 1.29 is 4.79 Å². The summed E-state index contributed by atoms with van der Waals surface area (Å²) in [5.41, 5.74) is 1.10. The first-order chi connectivity index (χ1) is 12.7. The van der Waals surface area contributed by atoms with E-state index in [-0.39, 0.29) is 5.91 Å². The zero-order valence-electron chi connectivity index (χ0n) is 15.1. The number of para-hydroxylation sites is 1. The number of fused-ring (bicyclic) bond motifs is 1. The fraction of sp³-hybridized carbons (Fsp3) is 0.368. The molecule has 0 saturated carbocycles. The molecule has 1 aromatic carbocycles. The van der Waals surface area contributed by atoms with E-state index in [1.165, 1.54) is 11.3 Å². The van der Waals surface area contributed by atoms with Gasteiger partial charge in [0.2, 0.25) is 0 Å². The first-order valence-corrected chi connectivity index (χ1v) is 10.6. The van der Waals surface area contributed by atoms with Gasteiger partial charge >= 0.3 is 0 Å². The summed E-state index contributed by atoms with van der Waals surface area (Å²) >= 11 is 3.13. The molecule has 0 aliphatic heterocycles. The third kappa shape index (κ3) is 4.53. The minimum atomic E-state index is -0.00991. The lowest BCUT2D eigenvalue weighted by Crippen LogP contribution is -2.25. The molecule has 0 atom stereocenters. The Balaban J connectivity index is 1.48. The summed E-state index contributed by atoms with van der Waals surface area (Å²) in [6.45, 7) is 7.64. The number of aromatic nitrogens is 1. The van der Waals surface area contributed by atoms with Gasteiger partial charge in [0.1, 0.15) is 4.83 Å². The van der Waals surface area contributed by atoms with Crippen molar-refractivity contribution in [3.05, 3.63) is 41.3 Å². The molecule has 2 aromatic heterocycles. The van der Waals surface area contributed by atoms with Crippen molar-refractivity contribution in [3.63, 3.8) is 0 Å². The predicted molar refractivity (Wildman–Crippen MR) is 113 cm³/mol. The second-order valence-electron chi connectivity index (χ2n) is 5.85. The van der Waals surface area contributed by atoms with Gasteiger partial charge in [-0.2, -0.15) is 0 Å². The number of thiophene rings is 1. The monoisotopic (exact) mass is 388 g/mol. The number of thiazole rings is 1. The van der Waals surface area contributed by atoms with E-state index in [1.54, 1.807) is 11.3 Å². The van der Waals surface area contributed by atoms with Gasteiger partial charge in [0.05, 0.1) is 9.58 Å². The van der Waals surface area contributed by atoms with Gasteiger partial charge in [0.25, 0.3) is 5.91 Å². The van der Waals surface area contributed by atoms with Gasteiger partial charge in [-0.3, -0.25) is 4.79 Å². The van der Waals surface area contributed by atoms with E-state index in [9.17, 15) is 4.79 Å². The van der Waals surface area contributed by atoms with Crippen molar-refractivity contribution in [2.75, 3.05) is 36.4 Å². The number of carbonyl (C=O) groups excluding carboxylic acids is 1. The summed E-state index contributed by atoms with van der Waals surface area (Å²) in [6, 6.07) is 12.0. The zero-order valence-corrected chi connectivity index (χ0v) is 16.8. The molecule has 1 amide bonds.